The van der Waals surface area contributed by atoms with Crippen molar-refractivity contribution < 1.29 is 28.8 Å². The van der Waals surface area contributed by atoms with Crippen LogP contribution in [0.15, 0.2) is 66.7 Å². The summed E-state index contributed by atoms with van der Waals surface area (Å²) in [4.78, 5) is 46.9. The van der Waals surface area contributed by atoms with Gasteiger partial charge in [-0.15, -0.1) is 0 Å². The van der Waals surface area contributed by atoms with Gasteiger partial charge in [0, 0.05) is 17.5 Å². The maximum absolute atomic E-state index is 12.2. The predicted octanol–water partition coefficient (Wildman–Crippen LogP) is 5.24. The van der Waals surface area contributed by atoms with Crippen molar-refractivity contribution in [2.24, 2.45) is 0 Å². The average molecular weight is 497 g/mol. The molecule has 0 spiro atoms. The van der Waals surface area contributed by atoms with E-state index in [1.165, 1.54) is 12.1 Å². The van der Waals surface area contributed by atoms with E-state index in [1.54, 1.807) is 61.5 Å². The second kappa shape index (κ2) is 11.8. The molecule has 9 nitrogen and oxygen atoms in total. The maximum Gasteiger partial charge on any atom is 0.343 e. The van der Waals surface area contributed by atoms with E-state index in [0.717, 1.165) is 0 Å². The number of nitrogens with one attached hydrogen (secondary N) is 1. The minimum Gasteiger partial charge on any atom is -0.461 e. The number of nitro benzene ring substituents is 1. The normalized spacial score (nSPS) is 10.3. The second-order valence-corrected chi connectivity index (χ2v) is 7.96. The summed E-state index contributed by atoms with van der Waals surface area (Å²) in [7, 11) is 0. The number of hydrogen-bond acceptors (Lipinski definition) is 7. The minimum atomic E-state index is -0.607. The molecule has 0 radical (unpaired) electrons. The Labute approximate surface area is 205 Å². The summed E-state index contributed by atoms with van der Waals surface area (Å²) < 4.78 is 10.4. The summed E-state index contributed by atoms with van der Waals surface area (Å²) in [6.07, 6.45) is -0.393. The molecular weight excluding hydrogens is 476 g/mol. The van der Waals surface area contributed by atoms with Gasteiger partial charge >= 0.3 is 11.9 Å². The molecule has 0 saturated carbocycles. The molecule has 1 amide bonds. The van der Waals surface area contributed by atoms with Gasteiger partial charge in [0.05, 0.1) is 16.9 Å². The first-order valence-corrected chi connectivity index (χ1v) is 10.9. The molecule has 0 atom stereocenters. The first kappa shape index (κ1) is 25.4. The Bertz CT molecular complexity index is 1240. The van der Waals surface area contributed by atoms with E-state index in [0.29, 0.717) is 27.5 Å². The van der Waals surface area contributed by atoms with Crippen LogP contribution in [0.25, 0.3) is 0 Å². The standard InChI is InChI=1S/C25H21ClN2O7/c1-16-2-11-21(22(14-16)28(32)33)27-23(29)12-13-24(30)34-15-17-3-5-18(6-4-17)25(31)35-20-9-7-19(26)8-10-20/h2-11,14H,12-13,15H2,1H3,(H,27,29). The van der Waals surface area contributed by atoms with Gasteiger partial charge in [-0.1, -0.05) is 29.8 Å². The van der Waals surface area contributed by atoms with Gasteiger partial charge in [0.15, 0.2) is 0 Å². The number of carbonyl (C=O) groups is 3. The van der Waals surface area contributed by atoms with Crippen LogP contribution in [0, 0.1) is 17.0 Å². The minimum absolute atomic E-state index is 0.0452. The van der Waals surface area contributed by atoms with E-state index in [4.69, 9.17) is 21.1 Å². The van der Waals surface area contributed by atoms with Crippen LogP contribution in [0.2, 0.25) is 5.02 Å². The largest absolute Gasteiger partial charge is 0.461 e. The highest BCUT2D eigenvalue weighted by Gasteiger charge is 2.17. The van der Waals surface area contributed by atoms with E-state index in [9.17, 15) is 24.5 Å². The van der Waals surface area contributed by atoms with Crippen LogP contribution in [0.1, 0.15) is 34.3 Å². The van der Waals surface area contributed by atoms with Crippen LogP contribution in [-0.2, 0) is 20.9 Å². The van der Waals surface area contributed by atoms with E-state index in [2.05, 4.69) is 5.32 Å². The summed E-state index contributed by atoms with van der Waals surface area (Å²) >= 11 is 5.80. The van der Waals surface area contributed by atoms with Gasteiger partial charge in [-0.2, -0.15) is 0 Å². The first-order chi connectivity index (χ1) is 16.7. The summed E-state index contributed by atoms with van der Waals surface area (Å²) in [5.74, 6) is -1.34. The molecule has 0 aliphatic rings. The Hall–Kier alpha value is -4.24. The number of carbonyl (C=O) groups excluding carboxylic acids is 3. The third kappa shape index (κ3) is 7.65. The van der Waals surface area contributed by atoms with Crippen LogP contribution in [-0.4, -0.2) is 22.8 Å². The summed E-state index contributed by atoms with van der Waals surface area (Å²) in [6.45, 7) is 1.66. The van der Waals surface area contributed by atoms with Gasteiger partial charge in [0.25, 0.3) is 5.69 Å². The van der Waals surface area contributed by atoms with Gasteiger partial charge in [0.1, 0.15) is 18.0 Å². The molecule has 3 rings (SSSR count). The van der Waals surface area contributed by atoms with Crippen LogP contribution >= 0.6 is 11.6 Å². The number of ether oxygens (including phenoxy) is 2. The number of nitro groups is 1. The predicted molar refractivity (Wildman–Crippen MR) is 128 cm³/mol. The first-order valence-electron chi connectivity index (χ1n) is 10.5. The Morgan fingerprint density at radius 3 is 2.31 bits per heavy atom. The van der Waals surface area contributed by atoms with Crippen LogP contribution in [0.5, 0.6) is 5.75 Å². The van der Waals surface area contributed by atoms with E-state index in [1.807, 2.05) is 0 Å². The Morgan fingerprint density at radius 1 is 0.971 bits per heavy atom. The van der Waals surface area contributed by atoms with E-state index >= 15 is 0 Å². The zero-order chi connectivity index (χ0) is 25.4. The summed E-state index contributed by atoms with van der Waals surface area (Å²) in [5.41, 5.74) is 1.48. The molecule has 0 fully saturated rings. The van der Waals surface area contributed by atoms with Crippen molar-refractivity contribution in [2.75, 3.05) is 5.32 Å². The van der Waals surface area contributed by atoms with E-state index < -0.39 is 22.8 Å². The number of halogens is 1. The lowest BCUT2D eigenvalue weighted by molar-refractivity contribution is -0.384. The Kier molecular flexibility index (Phi) is 8.53. The second-order valence-electron chi connectivity index (χ2n) is 7.53. The highest BCUT2D eigenvalue weighted by atomic mass is 35.5. The van der Waals surface area contributed by atoms with Crippen LogP contribution in [0.4, 0.5) is 11.4 Å². The van der Waals surface area contributed by atoms with Crippen molar-refractivity contribution in [3.05, 3.63) is 98.6 Å². The van der Waals surface area contributed by atoms with E-state index in [-0.39, 0.29) is 30.8 Å². The third-order valence-electron chi connectivity index (χ3n) is 4.79. The molecule has 0 bridgehead atoms. The molecule has 1 N–H and O–H groups in total. The molecule has 180 valence electrons. The van der Waals surface area contributed by atoms with Gasteiger partial charge in [0.2, 0.25) is 5.91 Å². The number of nitrogens with zero attached hydrogens (tertiary/aromatic N) is 1. The molecule has 0 aliphatic carbocycles. The number of anilines is 1. The number of rotatable bonds is 9. The lowest BCUT2D eigenvalue weighted by atomic mass is 10.1. The van der Waals surface area contributed by atoms with Gasteiger partial charge in [-0.25, -0.2) is 4.79 Å². The van der Waals surface area contributed by atoms with Crippen molar-refractivity contribution in [3.63, 3.8) is 0 Å². The average Bonchev–Trinajstić information content (AvgIpc) is 2.84. The van der Waals surface area contributed by atoms with Gasteiger partial charge in [-0.05, 0) is 60.5 Å². The number of benzene rings is 3. The van der Waals surface area contributed by atoms with Crippen molar-refractivity contribution in [2.45, 2.75) is 26.4 Å². The molecule has 3 aromatic rings. The molecule has 35 heavy (non-hydrogen) atoms. The number of aryl methyl sites for hydroxylation is 1. The third-order valence-corrected chi connectivity index (χ3v) is 5.05. The number of hydrogen-bond donors (Lipinski definition) is 1. The zero-order valence-electron chi connectivity index (χ0n) is 18.7. The van der Waals surface area contributed by atoms with Crippen LogP contribution < -0.4 is 10.1 Å². The van der Waals surface area contributed by atoms with Crippen molar-refractivity contribution in [3.8, 4) is 5.75 Å². The fourth-order valence-corrected chi connectivity index (χ4v) is 3.09. The number of esters is 2. The highest BCUT2D eigenvalue weighted by molar-refractivity contribution is 6.30. The molecule has 0 heterocycles. The molecule has 0 aromatic heterocycles. The van der Waals surface area contributed by atoms with Gasteiger partial charge in [-0.3, -0.25) is 19.7 Å². The Morgan fingerprint density at radius 2 is 1.66 bits per heavy atom. The molecular formula is C25H21ClN2O7. The quantitative estimate of drug-likeness (QED) is 0.186. The molecule has 0 aliphatic heterocycles. The number of amides is 1. The molecule has 10 heteroatoms. The summed E-state index contributed by atoms with van der Waals surface area (Å²) in [6, 6.07) is 17.1. The topological polar surface area (TPSA) is 125 Å². The van der Waals surface area contributed by atoms with Crippen molar-refractivity contribution in [1.82, 2.24) is 0 Å². The lowest BCUT2D eigenvalue weighted by Gasteiger charge is -2.08. The maximum atomic E-state index is 12.2. The lowest BCUT2D eigenvalue weighted by Crippen LogP contribution is -2.15. The highest BCUT2D eigenvalue weighted by Crippen LogP contribution is 2.25. The molecule has 3 aromatic carbocycles. The monoisotopic (exact) mass is 496 g/mol. The molecule has 0 saturated heterocycles. The fourth-order valence-electron chi connectivity index (χ4n) is 2.97. The van der Waals surface area contributed by atoms with Crippen molar-refractivity contribution >= 4 is 40.8 Å². The Balaban J connectivity index is 1.44. The summed E-state index contributed by atoms with van der Waals surface area (Å²) in [5, 5.41) is 14.1. The smallest absolute Gasteiger partial charge is 0.343 e. The fraction of sp³-hybridized carbons (Fsp3) is 0.160. The van der Waals surface area contributed by atoms with Crippen LogP contribution in [0.3, 0.4) is 0 Å². The zero-order valence-corrected chi connectivity index (χ0v) is 19.4. The molecule has 0 unspecified atom stereocenters. The van der Waals surface area contributed by atoms with Crippen molar-refractivity contribution in [1.29, 1.82) is 0 Å². The SMILES string of the molecule is Cc1ccc(NC(=O)CCC(=O)OCc2ccc(C(=O)Oc3ccc(Cl)cc3)cc2)c([N+](=O)[O-])c1. The van der Waals surface area contributed by atoms with Gasteiger partial charge < -0.3 is 14.8 Å².